The van der Waals surface area contributed by atoms with Gasteiger partial charge >= 0.3 is 0 Å². The minimum atomic E-state index is -0.0295. The average Bonchev–Trinajstić information content (AvgIpc) is 2.82. The standard InChI is InChI=1S/C17H19N3/c1-11-8-12(2)17-15(9-11)19-16(20-17)10-14(18)13-6-4-3-5-7-13/h3-9,14H,10,18H2,1-2H3,(H,19,20). The molecule has 20 heavy (non-hydrogen) atoms. The third-order valence-corrected chi connectivity index (χ3v) is 3.61. The summed E-state index contributed by atoms with van der Waals surface area (Å²) in [5.74, 6) is 0.949. The Morgan fingerprint density at radius 3 is 2.65 bits per heavy atom. The Labute approximate surface area is 118 Å². The second-order valence-electron chi connectivity index (χ2n) is 5.38. The number of aromatic amines is 1. The molecule has 3 N–H and O–H groups in total. The van der Waals surface area contributed by atoms with Gasteiger partial charge in [-0.1, -0.05) is 36.4 Å². The van der Waals surface area contributed by atoms with Crippen molar-refractivity contribution in [1.29, 1.82) is 0 Å². The van der Waals surface area contributed by atoms with Gasteiger partial charge in [-0.25, -0.2) is 4.98 Å². The maximum absolute atomic E-state index is 6.26. The molecule has 1 atom stereocenters. The number of H-pyrrole nitrogens is 1. The Hall–Kier alpha value is -2.13. The summed E-state index contributed by atoms with van der Waals surface area (Å²) >= 11 is 0. The summed E-state index contributed by atoms with van der Waals surface area (Å²) < 4.78 is 0. The summed E-state index contributed by atoms with van der Waals surface area (Å²) in [6, 6.07) is 14.4. The fourth-order valence-corrected chi connectivity index (χ4v) is 2.65. The van der Waals surface area contributed by atoms with Crippen LogP contribution >= 0.6 is 0 Å². The number of benzene rings is 2. The van der Waals surface area contributed by atoms with Gasteiger partial charge in [0, 0.05) is 12.5 Å². The van der Waals surface area contributed by atoms with Gasteiger partial charge in [0.05, 0.1) is 11.0 Å². The Morgan fingerprint density at radius 2 is 1.90 bits per heavy atom. The number of fused-ring (bicyclic) bond motifs is 1. The molecular weight excluding hydrogens is 246 g/mol. The molecule has 0 aliphatic heterocycles. The molecule has 0 aliphatic rings. The molecule has 3 aromatic rings. The summed E-state index contributed by atoms with van der Waals surface area (Å²) in [6.45, 7) is 4.19. The van der Waals surface area contributed by atoms with Gasteiger partial charge in [0.2, 0.25) is 0 Å². The van der Waals surface area contributed by atoms with Crippen LogP contribution in [0.3, 0.4) is 0 Å². The summed E-state index contributed by atoms with van der Waals surface area (Å²) in [5.41, 5.74) is 12.0. The predicted molar refractivity (Wildman–Crippen MR) is 82.6 cm³/mol. The quantitative estimate of drug-likeness (QED) is 0.762. The molecule has 3 nitrogen and oxygen atoms in total. The van der Waals surface area contributed by atoms with Crippen LogP contribution in [0.1, 0.15) is 28.6 Å². The van der Waals surface area contributed by atoms with Crippen molar-refractivity contribution >= 4 is 11.0 Å². The van der Waals surface area contributed by atoms with Gasteiger partial charge in [0.1, 0.15) is 5.82 Å². The molecule has 1 heterocycles. The molecule has 0 saturated carbocycles. The number of imidazole rings is 1. The molecule has 2 aromatic carbocycles. The summed E-state index contributed by atoms with van der Waals surface area (Å²) in [5, 5.41) is 0. The molecule has 3 rings (SSSR count). The highest BCUT2D eigenvalue weighted by molar-refractivity contribution is 5.79. The molecule has 102 valence electrons. The minimum Gasteiger partial charge on any atom is -0.342 e. The van der Waals surface area contributed by atoms with E-state index in [0.717, 1.165) is 28.8 Å². The fourth-order valence-electron chi connectivity index (χ4n) is 2.65. The van der Waals surface area contributed by atoms with Gasteiger partial charge in [0.25, 0.3) is 0 Å². The zero-order chi connectivity index (χ0) is 14.1. The number of rotatable bonds is 3. The second kappa shape index (κ2) is 5.10. The molecule has 3 heteroatoms. The zero-order valence-corrected chi connectivity index (χ0v) is 11.9. The lowest BCUT2D eigenvalue weighted by Crippen LogP contribution is -2.13. The summed E-state index contributed by atoms with van der Waals surface area (Å²) in [7, 11) is 0. The van der Waals surface area contributed by atoms with Crippen molar-refractivity contribution < 1.29 is 0 Å². The molecule has 0 aliphatic carbocycles. The first-order valence-corrected chi connectivity index (χ1v) is 6.90. The van der Waals surface area contributed by atoms with E-state index < -0.39 is 0 Å². The highest BCUT2D eigenvalue weighted by atomic mass is 14.9. The number of nitrogens with two attached hydrogens (primary N) is 1. The van der Waals surface area contributed by atoms with Gasteiger partial charge in [-0.15, -0.1) is 0 Å². The second-order valence-corrected chi connectivity index (χ2v) is 5.38. The number of aromatic nitrogens is 2. The fraction of sp³-hybridized carbons (Fsp3) is 0.235. The molecule has 0 radical (unpaired) electrons. The summed E-state index contributed by atoms with van der Waals surface area (Å²) in [6.07, 6.45) is 0.719. The number of aryl methyl sites for hydroxylation is 2. The number of nitrogens with one attached hydrogen (secondary N) is 1. The number of nitrogens with zero attached hydrogens (tertiary/aromatic N) is 1. The lowest BCUT2D eigenvalue weighted by Gasteiger charge is -2.09. The molecule has 0 spiro atoms. The largest absolute Gasteiger partial charge is 0.342 e. The predicted octanol–water partition coefficient (Wildman–Crippen LogP) is 3.42. The first kappa shape index (κ1) is 12.9. The first-order chi connectivity index (χ1) is 9.63. The topological polar surface area (TPSA) is 54.7 Å². The van der Waals surface area contributed by atoms with Gasteiger partial charge in [-0.05, 0) is 36.6 Å². The summed E-state index contributed by atoms with van der Waals surface area (Å²) in [4.78, 5) is 8.07. The van der Waals surface area contributed by atoms with Crippen molar-refractivity contribution in [3.05, 3.63) is 65.0 Å². The van der Waals surface area contributed by atoms with E-state index in [9.17, 15) is 0 Å². The van der Waals surface area contributed by atoms with Crippen molar-refractivity contribution in [3.63, 3.8) is 0 Å². The molecular formula is C17H19N3. The monoisotopic (exact) mass is 265 g/mol. The lowest BCUT2D eigenvalue weighted by molar-refractivity contribution is 0.696. The van der Waals surface area contributed by atoms with E-state index in [-0.39, 0.29) is 6.04 Å². The van der Waals surface area contributed by atoms with Crippen molar-refractivity contribution in [2.45, 2.75) is 26.3 Å². The molecule has 0 saturated heterocycles. The molecule has 0 amide bonds. The van der Waals surface area contributed by atoms with Crippen LogP contribution in [0.25, 0.3) is 11.0 Å². The van der Waals surface area contributed by atoms with Crippen molar-refractivity contribution in [2.24, 2.45) is 5.73 Å². The third-order valence-electron chi connectivity index (χ3n) is 3.61. The van der Waals surface area contributed by atoms with Crippen molar-refractivity contribution in [3.8, 4) is 0 Å². The van der Waals surface area contributed by atoms with Gasteiger partial charge in [-0.2, -0.15) is 0 Å². The van der Waals surface area contributed by atoms with Crippen LogP contribution in [-0.2, 0) is 6.42 Å². The lowest BCUT2D eigenvalue weighted by atomic mass is 10.0. The number of hydrogen-bond donors (Lipinski definition) is 2. The third kappa shape index (κ3) is 2.45. The van der Waals surface area contributed by atoms with Crippen molar-refractivity contribution in [1.82, 2.24) is 9.97 Å². The van der Waals surface area contributed by atoms with E-state index in [0.29, 0.717) is 0 Å². The maximum Gasteiger partial charge on any atom is 0.109 e. The van der Waals surface area contributed by atoms with Crippen LogP contribution in [-0.4, -0.2) is 9.97 Å². The van der Waals surface area contributed by atoms with E-state index in [1.807, 2.05) is 18.2 Å². The van der Waals surface area contributed by atoms with Gasteiger partial charge in [0.15, 0.2) is 0 Å². The zero-order valence-electron chi connectivity index (χ0n) is 11.9. The van der Waals surface area contributed by atoms with E-state index in [1.165, 1.54) is 11.1 Å². The SMILES string of the molecule is Cc1cc(C)c2nc(CC(N)c3ccccc3)[nH]c2c1. The van der Waals surface area contributed by atoms with Crippen LogP contribution in [0.4, 0.5) is 0 Å². The Bertz CT molecular complexity index is 729. The van der Waals surface area contributed by atoms with E-state index >= 15 is 0 Å². The van der Waals surface area contributed by atoms with Crippen molar-refractivity contribution in [2.75, 3.05) is 0 Å². The minimum absolute atomic E-state index is 0.0295. The molecule has 0 fully saturated rings. The smallest absolute Gasteiger partial charge is 0.109 e. The molecule has 0 bridgehead atoms. The van der Waals surface area contributed by atoms with E-state index in [1.54, 1.807) is 0 Å². The highest BCUT2D eigenvalue weighted by Crippen LogP contribution is 2.21. The van der Waals surface area contributed by atoms with E-state index in [2.05, 4.69) is 48.1 Å². The normalized spacial score (nSPS) is 12.8. The Morgan fingerprint density at radius 1 is 1.15 bits per heavy atom. The first-order valence-electron chi connectivity index (χ1n) is 6.90. The van der Waals surface area contributed by atoms with Gasteiger partial charge < -0.3 is 10.7 Å². The molecule has 1 unspecified atom stereocenters. The number of hydrogen-bond acceptors (Lipinski definition) is 2. The average molecular weight is 265 g/mol. The van der Waals surface area contributed by atoms with Crippen LogP contribution < -0.4 is 5.73 Å². The van der Waals surface area contributed by atoms with Gasteiger partial charge in [-0.3, -0.25) is 0 Å². The van der Waals surface area contributed by atoms with E-state index in [4.69, 9.17) is 5.73 Å². The van der Waals surface area contributed by atoms with Crippen LogP contribution in [0.15, 0.2) is 42.5 Å². The highest BCUT2D eigenvalue weighted by Gasteiger charge is 2.11. The molecule has 1 aromatic heterocycles. The van der Waals surface area contributed by atoms with Crippen LogP contribution in [0, 0.1) is 13.8 Å². The van der Waals surface area contributed by atoms with Crippen LogP contribution in [0.2, 0.25) is 0 Å². The van der Waals surface area contributed by atoms with Crippen LogP contribution in [0.5, 0.6) is 0 Å². The Kier molecular flexibility index (Phi) is 3.28. The Balaban J connectivity index is 1.90. The maximum atomic E-state index is 6.26.